The Morgan fingerprint density at radius 3 is 1.59 bits per heavy atom. The van der Waals surface area contributed by atoms with E-state index in [1.807, 2.05) is 32.0 Å². The number of benzene rings is 3. The molecule has 0 aliphatic carbocycles. The van der Waals surface area contributed by atoms with E-state index in [4.69, 9.17) is 22.6 Å². The van der Waals surface area contributed by atoms with Gasteiger partial charge in [-0.2, -0.15) is 0 Å². The molecule has 14 atom stereocenters. The van der Waals surface area contributed by atoms with Gasteiger partial charge < -0.3 is 125 Å². The Morgan fingerprint density at radius 1 is 0.522 bits per heavy atom. The minimum Gasteiger partial charge on any atom is -0.379 e. The number of aliphatic hydroxyl groups is 1. The number of fused-ring (bicyclic) bond motifs is 3. The number of unbranched alkanes of at least 4 members (excludes halogenated alkanes) is 2. The van der Waals surface area contributed by atoms with E-state index in [9.17, 15) is 48.3 Å². The molecular formula is C92H130N26O17S. The molecular weight excluding hydrogens is 1770 g/mol. The number of thioether (sulfide) groups is 1. The molecule has 7 aromatic rings. The number of aliphatic hydroxyl groups excluding tert-OH is 1. The number of aromatic amines is 4. The highest BCUT2D eigenvalue weighted by atomic mass is 32.2. The molecule has 2 fully saturated rings. The van der Waals surface area contributed by atoms with Crippen LogP contribution >= 0.6 is 11.8 Å². The Labute approximate surface area is 792 Å². The van der Waals surface area contributed by atoms with Gasteiger partial charge in [-0.05, 0) is 86.6 Å². The van der Waals surface area contributed by atoms with Crippen molar-refractivity contribution in [1.82, 2.24) is 113 Å². The lowest BCUT2D eigenvalue weighted by atomic mass is 9.99. The lowest BCUT2D eigenvalue weighted by Gasteiger charge is -2.36. The number of hydrogen-bond acceptors (Lipinski definition) is 22. The maximum Gasteiger partial charge on any atom is 0.245 e. The van der Waals surface area contributed by atoms with Crippen LogP contribution in [-0.2, 0) is 109 Å². The van der Waals surface area contributed by atoms with Crippen LogP contribution in [0.5, 0.6) is 0 Å². The molecule has 136 heavy (non-hydrogen) atoms. The Morgan fingerprint density at radius 2 is 1.02 bits per heavy atom. The molecule has 6 heterocycles. The van der Waals surface area contributed by atoms with E-state index in [0.717, 1.165) is 26.5 Å². The second-order valence-electron chi connectivity index (χ2n) is 34.9. The number of primary amides is 1. The monoisotopic (exact) mass is 1900 g/mol. The second kappa shape index (κ2) is 51.6. The van der Waals surface area contributed by atoms with Crippen LogP contribution in [0.25, 0.3) is 21.8 Å². The van der Waals surface area contributed by atoms with E-state index in [1.54, 1.807) is 86.9 Å². The number of carbonyl (C=O) groups excluding carboxylic acids is 16. The van der Waals surface area contributed by atoms with Gasteiger partial charge in [0.15, 0.2) is 5.96 Å². The van der Waals surface area contributed by atoms with Gasteiger partial charge >= 0.3 is 0 Å². The highest BCUT2D eigenvalue weighted by Crippen LogP contribution is 2.27. The van der Waals surface area contributed by atoms with Gasteiger partial charge in [-0.1, -0.05) is 120 Å². The van der Waals surface area contributed by atoms with Gasteiger partial charge in [0, 0.05) is 144 Å². The first-order chi connectivity index (χ1) is 64.9. The first kappa shape index (κ1) is 106. The number of aromatic nitrogens is 6. The number of para-hydroxylation sites is 2. The highest BCUT2D eigenvalue weighted by molar-refractivity contribution is 8.00. The van der Waals surface area contributed by atoms with Crippen LogP contribution in [0.2, 0.25) is 0 Å². The van der Waals surface area contributed by atoms with Crippen LogP contribution in [0.15, 0.2) is 116 Å². The molecule has 736 valence electrons. The third-order valence-electron chi connectivity index (χ3n) is 24.0. The average Bonchev–Trinajstić information content (AvgIpc) is 1.55. The molecule has 0 saturated carbocycles. The van der Waals surface area contributed by atoms with Gasteiger partial charge in [-0.15, -0.1) is 11.8 Å². The van der Waals surface area contributed by atoms with Crippen molar-refractivity contribution in [2.24, 2.45) is 23.1 Å². The molecule has 9 rings (SSSR count). The summed E-state index contributed by atoms with van der Waals surface area (Å²) in [6.07, 6.45) is 7.37. The number of hydrogen-bond donors (Lipinski definition) is 20. The van der Waals surface area contributed by atoms with Crippen molar-refractivity contribution in [1.29, 1.82) is 5.41 Å². The molecule has 2 aliphatic rings. The number of carbonyl (C=O) groups is 16. The average molecular weight is 1900 g/mol. The number of amides is 16. The molecule has 2 aliphatic heterocycles. The molecule has 2 saturated heterocycles. The molecule has 16 amide bonds. The largest absolute Gasteiger partial charge is 0.379 e. The minimum atomic E-state index is -1.73. The maximum absolute atomic E-state index is 16.0. The molecule has 0 bridgehead atoms. The predicted molar refractivity (Wildman–Crippen MR) is 506 cm³/mol. The van der Waals surface area contributed by atoms with Crippen molar-refractivity contribution in [2.75, 3.05) is 65.9 Å². The zero-order valence-electron chi connectivity index (χ0n) is 78.1. The number of guanidine groups is 1. The van der Waals surface area contributed by atoms with E-state index >= 15 is 33.6 Å². The molecule has 43 nitrogen and oxygen atoms in total. The zero-order chi connectivity index (χ0) is 99.0. The fourth-order valence-corrected chi connectivity index (χ4v) is 17.3. The molecule has 1 unspecified atom stereocenters. The van der Waals surface area contributed by atoms with Gasteiger partial charge in [0.2, 0.25) is 94.5 Å². The summed E-state index contributed by atoms with van der Waals surface area (Å²) >= 11 is 0.808. The van der Waals surface area contributed by atoms with Gasteiger partial charge in [0.1, 0.15) is 84.8 Å². The van der Waals surface area contributed by atoms with Crippen LogP contribution in [0.3, 0.4) is 0 Å². The van der Waals surface area contributed by atoms with Crippen molar-refractivity contribution < 1.29 is 81.8 Å². The summed E-state index contributed by atoms with van der Waals surface area (Å²) in [5, 5.41) is 49.8. The van der Waals surface area contributed by atoms with E-state index in [1.165, 1.54) is 70.0 Å². The zero-order valence-corrected chi connectivity index (χ0v) is 79.0. The summed E-state index contributed by atoms with van der Waals surface area (Å²) in [5.74, 6) is -15.4. The fourth-order valence-electron chi connectivity index (χ4n) is 16.5. The van der Waals surface area contributed by atoms with Crippen molar-refractivity contribution >= 4 is 134 Å². The number of rotatable bonds is 27. The topological polar surface area (TPSA) is 633 Å². The van der Waals surface area contributed by atoms with Crippen molar-refractivity contribution in [3.63, 3.8) is 0 Å². The minimum absolute atomic E-state index is 0.00849. The van der Waals surface area contributed by atoms with Crippen LogP contribution in [0.1, 0.15) is 140 Å². The van der Waals surface area contributed by atoms with E-state index < -0.39 is 216 Å². The standard InChI is InChI=1S/C92H130N26O17S/c1-10-12-30-72-85(129)107-63(29-21-33-99-92(95)96)81(125)113-71(80(124)102-46-76(94)120)48-136-49-78(122)106-68(36-54-23-15-14-16-24-54)88(132)115(7)53(5)79(123)110-70(41-75(93)119)90(134)118-34-22-32-73(118)86(130)109-66(40-58-45-98-51-104-58)84(128)111-67(35-52(3)4)87(131)114(6)47-77(121)105-64(37-55-42-100-61-27-19-17-25-59(55)61)82(126)108-65(39-57-44-97-50-103-57)83(127)112-69(38-56-43-101-62-28-20-18-26-60(56)62)89(133)117(9)74(31-13-11-2)91(135)116(72)8/h14-20,23-28,42-45,50-53,63-75,100-101,119H,10-13,21-22,29-41,46-49,93H2,1-9H3,(H2,94,120)(H,97,103)(H,98,104)(H,102,124)(H,105,121)(H,106,122)(H,107,129)(H,108,126)(H,109,130)(H,110,123)(H,111,128)(H,112,127)(H,113,125)(H4,95,96,99)/t53-,63-,64-,65-,66-,67-,68-,69-,70-,71-,72-,73-,74-,75?/m0/s1. The molecule has 23 N–H and O–H groups in total. The summed E-state index contributed by atoms with van der Waals surface area (Å²) in [4.78, 5) is 264. The summed E-state index contributed by atoms with van der Waals surface area (Å²) < 4.78 is 0. The van der Waals surface area contributed by atoms with Crippen molar-refractivity contribution in [3.05, 3.63) is 144 Å². The third kappa shape index (κ3) is 30.6. The second-order valence-corrected chi connectivity index (χ2v) is 35.9. The molecule has 3 aromatic carbocycles. The smallest absolute Gasteiger partial charge is 0.245 e. The summed E-state index contributed by atoms with van der Waals surface area (Å²) in [7, 11) is 5.37. The lowest BCUT2D eigenvalue weighted by Crippen LogP contribution is -2.61. The number of nitrogens with zero attached hydrogens (tertiary/aromatic N) is 7. The van der Waals surface area contributed by atoms with Crippen molar-refractivity contribution in [3.8, 4) is 0 Å². The first-order valence-corrected chi connectivity index (χ1v) is 46.9. The summed E-state index contributed by atoms with van der Waals surface area (Å²) in [6.45, 7) is 7.18. The number of nitrogens with one attached hydrogen (secondary N) is 16. The van der Waals surface area contributed by atoms with Crippen LogP contribution < -0.4 is 75.7 Å². The molecule has 4 aromatic heterocycles. The SMILES string of the molecule is CCCC[C@H]1C(=O)N(C)[C@@H](CCCC)C(=O)N[C@@H](CCCNC(=N)N)C(=O)N[C@H](C(=O)NCC(N)=O)CSCC(=O)N[C@@H](Cc2ccccc2)C(=O)N(C)[C@@H](C)C(=O)N[C@@H](CC(N)O)C(=O)N2CCC[C@H]2C(=O)N[C@@H](Cc2cnc[nH]2)C(=O)N[C@@H](CC(C)C)C(=O)N(C)CC(=O)N[C@@H](Cc2c[nH]c3ccccc23)C(=O)N[C@@H](Cc2cnc[nH]2)C(=O)N[C@@H](Cc2c[nH]c3ccccc23)C(=O)N1C. The van der Waals surface area contributed by atoms with Gasteiger partial charge in [-0.3, -0.25) is 82.1 Å². The van der Waals surface area contributed by atoms with Crippen LogP contribution in [0.4, 0.5) is 0 Å². The third-order valence-corrected chi connectivity index (χ3v) is 25.0. The van der Waals surface area contributed by atoms with Gasteiger partial charge in [0.25, 0.3) is 0 Å². The Balaban J connectivity index is 1.10. The van der Waals surface area contributed by atoms with Crippen LogP contribution in [-0.4, -0.2) is 311 Å². The van der Waals surface area contributed by atoms with E-state index in [0.29, 0.717) is 75.6 Å². The van der Waals surface area contributed by atoms with E-state index in [-0.39, 0.29) is 96.1 Å². The Bertz CT molecular complexity index is 5280. The number of likely N-dealkylation sites (N-methyl/N-ethyl adjacent to an activating group) is 4. The van der Waals surface area contributed by atoms with E-state index in [2.05, 4.69) is 88.4 Å². The summed E-state index contributed by atoms with van der Waals surface area (Å²) in [6, 6.07) is 3.82. The van der Waals surface area contributed by atoms with Gasteiger partial charge in [-0.25, -0.2) is 9.97 Å². The predicted octanol–water partition coefficient (Wildman–Crippen LogP) is -1.37. The van der Waals surface area contributed by atoms with Gasteiger partial charge in [0.05, 0.1) is 31.5 Å². The lowest BCUT2D eigenvalue weighted by molar-refractivity contribution is -0.149. The maximum atomic E-state index is 16.0. The normalized spacial score (nSPS) is 23.4. The van der Waals surface area contributed by atoms with Crippen LogP contribution in [0, 0.1) is 11.3 Å². The first-order valence-electron chi connectivity index (χ1n) is 45.7. The highest BCUT2D eigenvalue weighted by Gasteiger charge is 2.44. The Hall–Kier alpha value is -13.8. The Kier molecular flexibility index (Phi) is 40.2. The molecule has 0 radical (unpaired) electrons. The fraction of sp³-hybridized carbons (Fsp3) is 0.511. The number of imidazole rings is 2. The molecule has 44 heteroatoms. The number of nitrogens with two attached hydrogens (primary N) is 3. The molecule has 0 spiro atoms. The number of H-pyrrole nitrogens is 4. The summed E-state index contributed by atoms with van der Waals surface area (Å²) in [5.41, 5.74) is 20.8. The van der Waals surface area contributed by atoms with Crippen molar-refractivity contribution in [2.45, 2.75) is 229 Å². The quantitative estimate of drug-likeness (QED) is 0.0122.